The Morgan fingerprint density at radius 1 is 0.919 bits per heavy atom. The summed E-state index contributed by atoms with van der Waals surface area (Å²) >= 11 is 6.39. The van der Waals surface area contributed by atoms with Crippen molar-refractivity contribution in [1.82, 2.24) is 5.32 Å². The molecular weight excluding hydrogens is 472 g/mol. The van der Waals surface area contributed by atoms with Crippen LogP contribution in [0.4, 0.5) is 5.69 Å². The van der Waals surface area contributed by atoms with E-state index in [1.165, 1.54) is 22.3 Å². The number of nitrogens with one attached hydrogen (secondary N) is 2. The summed E-state index contributed by atoms with van der Waals surface area (Å²) in [6.45, 7) is 17.6. The molecule has 0 saturated carbocycles. The van der Waals surface area contributed by atoms with Crippen molar-refractivity contribution in [3.63, 3.8) is 0 Å². The third-order valence-electron chi connectivity index (χ3n) is 6.42. The minimum Gasteiger partial charge on any atom is -0.381 e. The zero-order valence-electron chi connectivity index (χ0n) is 23.0. The lowest BCUT2D eigenvalue weighted by atomic mass is 9.86. The van der Waals surface area contributed by atoms with Crippen LogP contribution in [0.2, 0.25) is 5.02 Å². The van der Waals surface area contributed by atoms with E-state index < -0.39 is 0 Å². The van der Waals surface area contributed by atoms with E-state index in [1.54, 1.807) is 0 Å². The Bertz CT molecular complexity index is 1230. The van der Waals surface area contributed by atoms with Gasteiger partial charge >= 0.3 is 0 Å². The second-order valence-corrected chi connectivity index (χ2v) is 10.9. The van der Waals surface area contributed by atoms with E-state index in [2.05, 4.69) is 125 Å². The fraction of sp³-hybridized carbons (Fsp3) is 0.294. The lowest BCUT2D eigenvalue weighted by Gasteiger charge is -2.19. The molecule has 3 aromatic rings. The van der Waals surface area contributed by atoms with Crippen molar-refractivity contribution < 1.29 is 0 Å². The molecule has 2 nitrogen and oxygen atoms in total. The first-order valence-corrected chi connectivity index (χ1v) is 13.6. The van der Waals surface area contributed by atoms with Crippen LogP contribution >= 0.6 is 11.6 Å². The molecule has 0 bridgehead atoms. The third kappa shape index (κ3) is 8.49. The summed E-state index contributed by atoms with van der Waals surface area (Å²) < 4.78 is 0. The maximum absolute atomic E-state index is 6.39. The van der Waals surface area contributed by atoms with E-state index in [4.69, 9.17) is 11.6 Å². The second kappa shape index (κ2) is 13.5. The Hall–Kier alpha value is -3.07. The van der Waals surface area contributed by atoms with Gasteiger partial charge in [0.05, 0.1) is 0 Å². The number of hydrogen-bond acceptors (Lipinski definition) is 2. The first-order chi connectivity index (χ1) is 17.7. The number of rotatable bonds is 11. The monoisotopic (exact) mass is 512 g/mol. The van der Waals surface area contributed by atoms with Crippen molar-refractivity contribution in [2.75, 3.05) is 18.4 Å². The van der Waals surface area contributed by atoms with E-state index in [-0.39, 0.29) is 5.41 Å². The van der Waals surface area contributed by atoms with Crippen LogP contribution in [0.1, 0.15) is 57.7 Å². The number of allylic oxidation sites excluding steroid dienone is 3. The highest BCUT2D eigenvalue weighted by atomic mass is 35.5. The second-order valence-electron chi connectivity index (χ2n) is 10.5. The molecular formula is C34H41ClN2. The fourth-order valence-electron chi connectivity index (χ4n) is 4.15. The summed E-state index contributed by atoms with van der Waals surface area (Å²) in [5, 5.41) is 7.71. The van der Waals surface area contributed by atoms with Crippen LogP contribution < -0.4 is 10.6 Å². The largest absolute Gasteiger partial charge is 0.381 e. The molecule has 0 atom stereocenters. The van der Waals surface area contributed by atoms with Gasteiger partial charge in [-0.1, -0.05) is 107 Å². The SMILES string of the molecule is C=C(/C=C\C(=C/C)c1cc(Cl)ccc1CNc1ccc(-c2ccc(C(C)(C)C)cc2)cc1)CNCCC. The van der Waals surface area contributed by atoms with E-state index in [1.807, 2.05) is 12.1 Å². The molecule has 0 aliphatic heterocycles. The Labute approximate surface area is 229 Å². The lowest BCUT2D eigenvalue weighted by molar-refractivity contribution is 0.590. The highest BCUT2D eigenvalue weighted by Crippen LogP contribution is 2.28. The van der Waals surface area contributed by atoms with Gasteiger partial charge in [0, 0.05) is 23.8 Å². The molecule has 0 radical (unpaired) electrons. The summed E-state index contributed by atoms with van der Waals surface area (Å²) in [5.41, 5.74) is 9.55. The topological polar surface area (TPSA) is 24.1 Å². The first kappa shape index (κ1) is 28.5. The van der Waals surface area contributed by atoms with Crippen LogP contribution in [0.15, 0.2) is 97.1 Å². The number of benzene rings is 3. The highest BCUT2D eigenvalue weighted by molar-refractivity contribution is 6.30. The molecule has 0 saturated heterocycles. The minimum absolute atomic E-state index is 0.162. The van der Waals surface area contributed by atoms with Crippen molar-refractivity contribution in [3.05, 3.63) is 119 Å². The highest BCUT2D eigenvalue weighted by Gasteiger charge is 2.13. The Morgan fingerprint density at radius 2 is 1.57 bits per heavy atom. The quantitative estimate of drug-likeness (QED) is 0.197. The van der Waals surface area contributed by atoms with E-state index in [0.717, 1.165) is 46.9 Å². The molecule has 0 unspecified atom stereocenters. The van der Waals surface area contributed by atoms with Gasteiger partial charge in [-0.15, -0.1) is 0 Å². The van der Waals surface area contributed by atoms with Crippen molar-refractivity contribution in [1.29, 1.82) is 0 Å². The predicted molar refractivity (Wildman–Crippen MR) is 164 cm³/mol. The van der Waals surface area contributed by atoms with Gasteiger partial charge in [-0.25, -0.2) is 0 Å². The van der Waals surface area contributed by atoms with Gasteiger partial charge in [0.2, 0.25) is 0 Å². The molecule has 0 amide bonds. The Morgan fingerprint density at radius 3 is 2.16 bits per heavy atom. The summed E-state index contributed by atoms with van der Waals surface area (Å²) in [6, 6.07) is 23.6. The van der Waals surface area contributed by atoms with Crippen LogP contribution in [-0.4, -0.2) is 13.1 Å². The summed E-state index contributed by atoms with van der Waals surface area (Å²) in [4.78, 5) is 0. The minimum atomic E-state index is 0.162. The maximum Gasteiger partial charge on any atom is 0.0412 e. The van der Waals surface area contributed by atoms with Gasteiger partial charge in [0.25, 0.3) is 0 Å². The van der Waals surface area contributed by atoms with Gasteiger partial charge in [-0.3, -0.25) is 0 Å². The Kier molecular flexibility index (Phi) is 10.4. The number of anilines is 1. The molecule has 0 spiro atoms. The zero-order valence-corrected chi connectivity index (χ0v) is 23.8. The molecule has 3 heteroatoms. The molecule has 0 fully saturated rings. The van der Waals surface area contributed by atoms with Crippen molar-refractivity contribution in [3.8, 4) is 11.1 Å². The molecule has 0 aliphatic rings. The standard InChI is InChI=1S/C34H41ClN2/c1-7-21-36-23-25(3)9-10-26(8-2)33-22-31(35)18-13-29(33)24-37-32-19-14-28(15-20-32)27-11-16-30(17-12-27)34(4,5)6/h8-20,22,36-37H,3,7,21,23-24H2,1-2,4-6H3/b10-9-,26-8+. The molecule has 0 aromatic heterocycles. The molecule has 0 aliphatic carbocycles. The maximum atomic E-state index is 6.39. The number of hydrogen-bond donors (Lipinski definition) is 2. The van der Waals surface area contributed by atoms with Gasteiger partial charge in [0.15, 0.2) is 0 Å². The fourth-order valence-corrected chi connectivity index (χ4v) is 4.32. The average Bonchev–Trinajstić information content (AvgIpc) is 2.88. The van der Waals surface area contributed by atoms with Crippen molar-refractivity contribution in [2.45, 2.75) is 53.0 Å². The Balaban J connectivity index is 1.70. The number of halogens is 1. The van der Waals surface area contributed by atoms with Crippen LogP contribution in [0.3, 0.4) is 0 Å². The van der Waals surface area contributed by atoms with E-state index in [9.17, 15) is 0 Å². The zero-order chi connectivity index (χ0) is 26.8. The van der Waals surface area contributed by atoms with Crippen molar-refractivity contribution in [2.24, 2.45) is 0 Å². The summed E-state index contributed by atoms with van der Waals surface area (Å²) in [6.07, 6.45) is 7.45. The van der Waals surface area contributed by atoms with Crippen LogP contribution in [0.25, 0.3) is 16.7 Å². The summed E-state index contributed by atoms with van der Waals surface area (Å²) in [5.74, 6) is 0. The lowest BCUT2D eigenvalue weighted by Crippen LogP contribution is -2.16. The normalized spacial score (nSPS) is 12.2. The van der Waals surface area contributed by atoms with Crippen LogP contribution in [-0.2, 0) is 12.0 Å². The van der Waals surface area contributed by atoms with Crippen LogP contribution in [0, 0.1) is 0 Å². The third-order valence-corrected chi connectivity index (χ3v) is 6.66. The van der Waals surface area contributed by atoms with Crippen LogP contribution in [0.5, 0.6) is 0 Å². The molecule has 3 aromatic carbocycles. The smallest absolute Gasteiger partial charge is 0.0412 e. The average molecular weight is 513 g/mol. The molecule has 3 rings (SSSR count). The van der Waals surface area contributed by atoms with E-state index >= 15 is 0 Å². The predicted octanol–water partition coefficient (Wildman–Crippen LogP) is 9.43. The van der Waals surface area contributed by atoms with Gasteiger partial charge in [-0.2, -0.15) is 0 Å². The summed E-state index contributed by atoms with van der Waals surface area (Å²) in [7, 11) is 0. The van der Waals surface area contributed by atoms with Crippen molar-refractivity contribution >= 4 is 22.9 Å². The first-order valence-electron chi connectivity index (χ1n) is 13.2. The van der Waals surface area contributed by atoms with Gasteiger partial charge in [-0.05, 0) is 88.5 Å². The van der Waals surface area contributed by atoms with Gasteiger partial charge < -0.3 is 10.6 Å². The molecule has 0 heterocycles. The molecule has 2 N–H and O–H groups in total. The molecule has 194 valence electrons. The molecule has 37 heavy (non-hydrogen) atoms. The van der Waals surface area contributed by atoms with Gasteiger partial charge in [0.1, 0.15) is 0 Å². The van der Waals surface area contributed by atoms with E-state index in [0.29, 0.717) is 6.54 Å².